The molecule has 3 rings (SSSR count). The van der Waals surface area contributed by atoms with Crippen molar-refractivity contribution in [2.75, 3.05) is 6.54 Å². The largest absolute Gasteiger partial charge is 0.444 e. The van der Waals surface area contributed by atoms with Gasteiger partial charge in [0.1, 0.15) is 5.60 Å². The van der Waals surface area contributed by atoms with Crippen LogP contribution < -0.4 is 11.2 Å². The van der Waals surface area contributed by atoms with E-state index in [1.165, 1.54) is 12.1 Å². The minimum atomic E-state index is -3.31. The number of aryl methyl sites for hydroxylation is 2. The van der Waals surface area contributed by atoms with Gasteiger partial charge in [-0.25, -0.2) is 9.79 Å². The summed E-state index contributed by atoms with van der Waals surface area (Å²) in [4.78, 5) is 21.4. The lowest BCUT2D eigenvalue weighted by Gasteiger charge is -2.29. The van der Waals surface area contributed by atoms with Gasteiger partial charge < -0.3 is 14.9 Å². The molecule has 0 atom stereocenters. The van der Waals surface area contributed by atoms with E-state index in [1.807, 2.05) is 11.7 Å². The number of fused-ring (bicyclic) bond motifs is 1. The predicted molar refractivity (Wildman–Crippen MR) is 139 cm³/mol. The fraction of sp³-hybridized carbons (Fsp3) is 0.519. The van der Waals surface area contributed by atoms with Gasteiger partial charge in [-0.05, 0) is 69.6 Å². The summed E-state index contributed by atoms with van der Waals surface area (Å²) in [6.07, 6.45) is 1.79. The molecule has 8 nitrogen and oxygen atoms in total. The first-order valence-corrected chi connectivity index (χ1v) is 12.2. The van der Waals surface area contributed by atoms with Crippen LogP contribution in [0.5, 0.6) is 0 Å². The molecule has 1 amide bonds. The van der Waals surface area contributed by atoms with Crippen LogP contribution in [-0.2, 0) is 35.4 Å². The lowest BCUT2D eigenvalue weighted by atomic mass is 9.76. The second-order valence-corrected chi connectivity index (χ2v) is 11.3. The number of nitrogens with two attached hydrogens (primary N) is 1. The average Bonchev–Trinajstić information content (AvgIpc) is 3.09. The Balaban J connectivity index is 1.81. The molecule has 0 bridgehead atoms. The fourth-order valence-electron chi connectivity index (χ4n) is 4.43. The first-order chi connectivity index (χ1) is 17.0. The minimum Gasteiger partial charge on any atom is -0.444 e. The molecule has 0 aliphatic heterocycles. The molecule has 1 aliphatic rings. The van der Waals surface area contributed by atoms with Crippen LogP contribution in [0.15, 0.2) is 29.8 Å². The summed E-state index contributed by atoms with van der Waals surface area (Å²) in [7, 11) is 1.88. The Labute approximate surface area is 216 Å². The standard InChI is InChI=1S/C27H37F2N5O3/c1-16-13-18(9-10-20(16)27(28,29)15-31-24(35)36-25(3,4)5)17(2)32-23(37-30)22-19-11-12-26(6,7)14-21(19)34(8)33-22/h9-10,13H,2,11-12,14-15,30H2,1,3-8H3,(H,31,35). The van der Waals surface area contributed by atoms with E-state index in [4.69, 9.17) is 15.5 Å². The Hall–Kier alpha value is -3.27. The topological polar surface area (TPSA) is 104 Å². The fourth-order valence-corrected chi connectivity index (χ4v) is 4.43. The number of hydrogen-bond acceptors (Lipinski definition) is 6. The number of carbonyl (C=O) groups is 1. The predicted octanol–water partition coefficient (Wildman–Crippen LogP) is 5.17. The van der Waals surface area contributed by atoms with Gasteiger partial charge in [0.15, 0.2) is 5.69 Å². The zero-order valence-corrected chi connectivity index (χ0v) is 22.7. The first kappa shape index (κ1) is 28.3. The highest BCUT2D eigenvalue weighted by Gasteiger charge is 2.35. The Kier molecular flexibility index (Phi) is 7.83. The monoisotopic (exact) mass is 517 g/mol. The van der Waals surface area contributed by atoms with Crippen LogP contribution in [0.2, 0.25) is 0 Å². The van der Waals surface area contributed by atoms with Crippen LogP contribution in [0, 0.1) is 12.3 Å². The van der Waals surface area contributed by atoms with Crippen LogP contribution in [0.4, 0.5) is 13.6 Å². The number of benzene rings is 1. The highest BCUT2D eigenvalue weighted by atomic mass is 19.3. The normalized spacial score (nSPS) is 15.7. The smallest absolute Gasteiger partial charge is 0.407 e. The van der Waals surface area contributed by atoms with E-state index >= 15 is 0 Å². The van der Waals surface area contributed by atoms with Gasteiger partial charge in [-0.2, -0.15) is 19.8 Å². The highest BCUT2D eigenvalue weighted by Crippen LogP contribution is 2.36. The Bertz CT molecular complexity index is 1230. The Morgan fingerprint density at radius 1 is 1.32 bits per heavy atom. The molecule has 1 aromatic carbocycles. The summed E-state index contributed by atoms with van der Waals surface area (Å²) in [5.74, 6) is 2.38. The van der Waals surface area contributed by atoms with Gasteiger partial charge in [-0.15, -0.1) is 0 Å². The Morgan fingerprint density at radius 2 is 2.00 bits per heavy atom. The molecule has 0 saturated heterocycles. The summed E-state index contributed by atoms with van der Waals surface area (Å²) >= 11 is 0. The van der Waals surface area contributed by atoms with Crippen LogP contribution in [0.1, 0.15) is 74.7 Å². The van der Waals surface area contributed by atoms with Crippen LogP contribution in [0.3, 0.4) is 0 Å². The maximum atomic E-state index is 14.9. The number of hydrogen-bond donors (Lipinski definition) is 2. The summed E-state index contributed by atoms with van der Waals surface area (Å²) < 4.78 is 36.6. The second kappa shape index (κ2) is 10.2. The van der Waals surface area contributed by atoms with Crippen molar-refractivity contribution in [3.05, 3.63) is 58.4 Å². The third-order valence-corrected chi connectivity index (χ3v) is 6.33. The lowest BCUT2D eigenvalue weighted by Crippen LogP contribution is -2.38. The molecule has 1 aliphatic carbocycles. The van der Waals surface area contributed by atoms with Crippen LogP contribution in [-0.4, -0.2) is 33.9 Å². The lowest BCUT2D eigenvalue weighted by molar-refractivity contribution is -0.00964. The molecule has 202 valence electrons. The third-order valence-electron chi connectivity index (χ3n) is 6.33. The number of rotatable bonds is 6. The third kappa shape index (κ3) is 6.74. The summed E-state index contributed by atoms with van der Waals surface area (Å²) in [6, 6.07) is 4.36. The van der Waals surface area contributed by atoms with Crippen molar-refractivity contribution in [1.82, 2.24) is 15.1 Å². The van der Waals surface area contributed by atoms with Crippen molar-refractivity contribution in [3.63, 3.8) is 0 Å². The molecular formula is C27H37F2N5O3. The highest BCUT2D eigenvalue weighted by molar-refractivity contribution is 5.97. The molecule has 0 saturated carbocycles. The van der Waals surface area contributed by atoms with Gasteiger partial charge in [-0.1, -0.05) is 32.6 Å². The summed E-state index contributed by atoms with van der Waals surface area (Å²) in [6.45, 7) is 14.1. The van der Waals surface area contributed by atoms with Crippen molar-refractivity contribution in [2.45, 2.75) is 72.3 Å². The number of aliphatic imine (C=N–C) groups is 1. The van der Waals surface area contributed by atoms with Crippen LogP contribution in [0.25, 0.3) is 5.70 Å². The van der Waals surface area contributed by atoms with Gasteiger partial charge in [0.2, 0.25) is 0 Å². The van der Waals surface area contributed by atoms with E-state index in [2.05, 4.69) is 35.8 Å². The second-order valence-electron chi connectivity index (χ2n) is 11.3. The van der Waals surface area contributed by atoms with E-state index < -0.39 is 24.2 Å². The summed E-state index contributed by atoms with van der Waals surface area (Å²) in [5.41, 5.74) is 3.02. The molecule has 0 fully saturated rings. The molecule has 1 heterocycles. The molecule has 10 heteroatoms. The van der Waals surface area contributed by atoms with Crippen molar-refractivity contribution in [3.8, 4) is 0 Å². The zero-order valence-electron chi connectivity index (χ0n) is 22.7. The number of alkyl halides is 2. The van der Waals surface area contributed by atoms with E-state index in [9.17, 15) is 13.6 Å². The first-order valence-electron chi connectivity index (χ1n) is 12.2. The molecule has 1 aromatic heterocycles. The molecule has 37 heavy (non-hydrogen) atoms. The number of alkyl carbamates (subject to hydrolysis) is 1. The minimum absolute atomic E-state index is 0.121. The van der Waals surface area contributed by atoms with Crippen molar-refractivity contribution in [1.29, 1.82) is 0 Å². The van der Waals surface area contributed by atoms with Gasteiger partial charge in [-0.3, -0.25) is 4.68 Å². The quantitative estimate of drug-likeness (QED) is 0.313. The molecule has 2 aromatic rings. The Morgan fingerprint density at radius 3 is 2.59 bits per heavy atom. The molecule has 0 radical (unpaired) electrons. The molecular weight excluding hydrogens is 480 g/mol. The van der Waals surface area contributed by atoms with Crippen LogP contribution >= 0.6 is 0 Å². The van der Waals surface area contributed by atoms with Gasteiger partial charge >= 0.3 is 6.09 Å². The number of nitrogens with zero attached hydrogens (tertiary/aromatic N) is 3. The van der Waals surface area contributed by atoms with E-state index in [0.29, 0.717) is 22.5 Å². The van der Waals surface area contributed by atoms with E-state index in [-0.39, 0.29) is 16.9 Å². The molecule has 0 unspecified atom stereocenters. The number of halogens is 2. The number of carbonyl (C=O) groups excluding carboxylic acids is 1. The van der Waals surface area contributed by atoms with E-state index in [0.717, 1.165) is 30.5 Å². The summed E-state index contributed by atoms with van der Waals surface area (Å²) in [5, 5.41) is 6.73. The number of amides is 1. The van der Waals surface area contributed by atoms with Gasteiger partial charge in [0.05, 0.1) is 12.2 Å². The average molecular weight is 518 g/mol. The maximum absolute atomic E-state index is 14.9. The van der Waals surface area contributed by atoms with E-state index in [1.54, 1.807) is 33.8 Å². The number of aromatic nitrogens is 2. The van der Waals surface area contributed by atoms with Gasteiger partial charge in [0.25, 0.3) is 11.8 Å². The van der Waals surface area contributed by atoms with Gasteiger partial charge in [0, 0.05) is 23.9 Å². The SMILES string of the molecule is C=C(N=C(ON)c1nn(C)c2c1CCC(C)(C)C2)c1ccc(C(F)(F)CNC(=O)OC(C)(C)C)c(C)c1. The number of ether oxygens (including phenoxy) is 1. The van der Waals surface area contributed by atoms with Crippen molar-refractivity contribution < 1.29 is 23.1 Å². The maximum Gasteiger partial charge on any atom is 0.407 e. The molecule has 3 N–H and O–H groups in total. The zero-order chi connectivity index (χ0) is 27.8. The number of nitrogens with one attached hydrogen (secondary N) is 1. The van der Waals surface area contributed by atoms with Crippen molar-refractivity contribution >= 4 is 17.7 Å². The molecule has 0 spiro atoms. The van der Waals surface area contributed by atoms with Crippen molar-refractivity contribution in [2.24, 2.45) is 23.4 Å².